The van der Waals surface area contributed by atoms with Crippen molar-refractivity contribution in [3.05, 3.63) is 71.8 Å². The second-order valence-electron chi connectivity index (χ2n) is 16.3. The summed E-state index contributed by atoms with van der Waals surface area (Å²) in [5, 5.41) is 14.2. The van der Waals surface area contributed by atoms with Crippen LogP contribution < -0.4 is 57.9 Å². The Morgan fingerprint density at radius 3 is 1.62 bits per heavy atom. The van der Waals surface area contributed by atoms with Gasteiger partial charge in [0.25, 0.3) is 6.47 Å². The largest absolute Gasteiger partial charge is 1.00 e. The molecule has 2 amide bonds. The minimum absolute atomic E-state index is 0. The van der Waals surface area contributed by atoms with E-state index in [1.807, 2.05) is 77.9 Å². The van der Waals surface area contributed by atoms with Gasteiger partial charge in [0.2, 0.25) is 0 Å². The number of hydrogen-bond donors (Lipinski definition) is 2. The van der Waals surface area contributed by atoms with E-state index in [-0.39, 0.29) is 103 Å². The van der Waals surface area contributed by atoms with Crippen LogP contribution in [0.5, 0.6) is 0 Å². The average Bonchev–Trinajstić information content (AvgIpc) is 3.18. The molecule has 2 aliphatic rings. The van der Waals surface area contributed by atoms with Crippen LogP contribution in [0.4, 0.5) is 9.59 Å². The van der Waals surface area contributed by atoms with Gasteiger partial charge in [-0.05, 0) is 81.2 Å². The molecule has 6 atom stereocenters. The maximum Gasteiger partial charge on any atom is 1.00 e. The van der Waals surface area contributed by atoms with E-state index in [4.69, 9.17) is 29.0 Å². The maximum absolute atomic E-state index is 12.6. The summed E-state index contributed by atoms with van der Waals surface area (Å²) in [6.07, 6.45) is 0.637. The summed E-state index contributed by atoms with van der Waals surface area (Å²) in [6.45, 7) is 21.1. The number of quaternary nitrogens is 1. The molecule has 0 aliphatic carbocycles. The molecule has 4 rings (SSSR count). The van der Waals surface area contributed by atoms with E-state index >= 15 is 0 Å². The Balaban J connectivity index is 0.00000103. The van der Waals surface area contributed by atoms with Crippen molar-refractivity contribution in [3.63, 3.8) is 0 Å². The van der Waals surface area contributed by atoms with E-state index in [1.165, 1.54) is 5.56 Å². The Hall–Kier alpha value is -3.44. The van der Waals surface area contributed by atoms with Gasteiger partial charge >= 0.3 is 53.7 Å². The van der Waals surface area contributed by atoms with E-state index in [0.717, 1.165) is 12.0 Å². The molecule has 0 spiro atoms. The number of rotatable bonds is 11. The van der Waals surface area contributed by atoms with Gasteiger partial charge in [0, 0.05) is 50.2 Å². The zero-order valence-electron chi connectivity index (χ0n) is 37.3. The van der Waals surface area contributed by atoms with Crippen molar-refractivity contribution in [2.75, 3.05) is 39.4 Å². The first-order valence-electron chi connectivity index (χ1n) is 20.1. The molecule has 0 bridgehead atoms. The van der Waals surface area contributed by atoms with Crippen LogP contribution in [0, 0.1) is 11.8 Å². The Kier molecular flexibility index (Phi) is 26.6. The van der Waals surface area contributed by atoms with Crippen molar-refractivity contribution in [3.8, 4) is 0 Å². The number of piperidine rings is 2. The van der Waals surface area contributed by atoms with Crippen molar-refractivity contribution in [2.24, 2.45) is 11.8 Å². The predicted octanol–water partition coefficient (Wildman–Crippen LogP) is -1.53. The fraction of sp³-hybridized carbons (Fsp3) is 0.605. The number of carbonyl (C=O) groups is 5. The van der Waals surface area contributed by atoms with Crippen LogP contribution in [0.3, 0.4) is 0 Å². The molecule has 2 fully saturated rings. The van der Waals surface area contributed by atoms with Crippen LogP contribution in [-0.2, 0) is 38.2 Å². The number of hydrogen-bond acceptors (Lipinski definition) is 12. The van der Waals surface area contributed by atoms with Gasteiger partial charge in [0.1, 0.15) is 29.2 Å². The number of nitrogens with one attached hydrogen (secondary N) is 1. The summed E-state index contributed by atoms with van der Waals surface area (Å²) in [6, 6.07) is 20.7. The van der Waals surface area contributed by atoms with Crippen LogP contribution in [0.2, 0.25) is 0 Å². The zero-order valence-corrected chi connectivity index (χ0v) is 40.1. The summed E-state index contributed by atoms with van der Waals surface area (Å²) >= 11 is 0. The molecule has 2 aliphatic heterocycles. The molecule has 60 heavy (non-hydrogen) atoms. The molecule has 0 saturated carbocycles. The molecular weight excluding hydrogens is 807 g/mol. The molecular formula is C43H66ClN4NaO11. The first-order valence-corrected chi connectivity index (χ1v) is 20.1. The molecule has 0 radical (unpaired) electrons. The van der Waals surface area contributed by atoms with E-state index in [2.05, 4.69) is 53.6 Å². The van der Waals surface area contributed by atoms with Gasteiger partial charge in [-0.15, -0.1) is 0 Å². The number of likely N-dealkylation sites (tertiary alicyclic amines) is 2. The molecule has 0 aromatic heterocycles. The normalized spacial score (nSPS) is 19.6. The van der Waals surface area contributed by atoms with Crippen LogP contribution in [-0.4, -0.2) is 103 Å². The van der Waals surface area contributed by atoms with Gasteiger partial charge in [-0.25, -0.2) is 9.59 Å². The van der Waals surface area contributed by atoms with Crippen molar-refractivity contribution in [1.82, 2.24) is 15.1 Å². The van der Waals surface area contributed by atoms with Crippen LogP contribution in [0.25, 0.3) is 0 Å². The van der Waals surface area contributed by atoms with Crippen LogP contribution in [0.1, 0.15) is 105 Å². The van der Waals surface area contributed by atoms with Crippen molar-refractivity contribution >= 4 is 30.6 Å². The zero-order chi connectivity index (χ0) is 43.5. The van der Waals surface area contributed by atoms with Gasteiger partial charge < -0.3 is 61.9 Å². The molecule has 15 nitrogen and oxygen atoms in total. The number of halogens is 1. The molecule has 2 aromatic carbocycles. The first-order chi connectivity index (χ1) is 27.3. The standard InChI is InChI=1S/2C21H32N2O4.CH2O3.ClH.Na/c2*1-6-26-19(24)17-14-23(20(25)27-21(3,4)5)13-12-18(17)22-15(2)16-10-8-7-9-11-16;2-1-4-3;;/h2*7-11,15,17-18,22H,6,12-14H2,1-5H3;1,3H;1H;/q;;;;+1/p-1/t2*15-,17?,18?;;;/m11.../s1. The molecule has 4 unspecified atom stereocenters. The Labute approximate surface area is 384 Å². The van der Waals surface area contributed by atoms with Gasteiger partial charge in [-0.1, -0.05) is 60.7 Å². The summed E-state index contributed by atoms with van der Waals surface area (Å²) in [5.74, 6) is -1.30. The first kappa shape index (κ1) is 56.6. The molecule has 2 saturated heterocycles. The Bertz CT molecular complexity index is 1450. The third kappa shape index (κ3) is 20.4. The monoisotopic (exact) mass is 872 g/mol. The molecule has 17 heteroatoms. The maximum atomic E-state index is 12.6. The SMILES string of the molecule is CCOC(=O)C1CN(C(=O)OC(C)(C)C)CCC1N[C@H](C)c1ccccc1.CCOC(=O)C1CN(C(=O)OC(C)(C)C)CCC1[NH2+][C@H](C)c1ccccc1.O=CO[O-].[Cl-].[Na+]. The average molecular weight is 873 g/mol. The van der Waals surface area contributed by atoms with E-state index in [1.54, 1.807) is 23.6 Å². The van der Waals surface area contributed by atoms with Crippen molar-refractivity contribution in [2.45, 2.75) is 117 Å². The van der Waals surface area contributed by atoms with Crippen LogP contribution in [0.15, 0.2) is 60.7 Å². The minimum atomic E-state index is -0.562. The van der Waals surface area contributed by atoms with Gasteiger partial charge in [0.05, 0.1) is 19.1 Å². The number of carbonyl (C=O) groups excluding carboxylic acids is 5. The predicted molar refractivity (Wildman–Crippen MR) is 215 cm³/mol. The van der Waals surface area contributed by atoms with Gasteiger partial charge in [-0.3, -0.25) is 14.4 Å². The summed E-state index contributed by atoms with van der Waals surface area (Å²) < 4.78 is 21.5. The summed E-state index contributed by atoms with van der Waals surface area (Å²) in [7, 11) is 0. The number of benzene rings is 2. The van der Waals surface area contributed by atoms with E-state index < -0.39 is 17.1 Å². The number of esters is 2. The number of nitrogens with zero attached hydrogens (tertiary/aromatic N) is 2. The topological polar surface area (TPSA) is 190 Å². The quantitative estimate of drug-likeness (QED) is 0.0664. The van der Waals surface area contributed by atoms with Crippen molar-refractivity contribution < 1.29 is 100 Å². The third-order valence-corrected chi connectivity index (χ3v) is 9.43. The number of ether oxygens (including phenoxy) is 4. The number of amides is 2. The van der Waals surface area contributed by atoms with Gasteiger partial charge in [0.15, 0.2) is 0 Å². The molecule has 2 heterocycles. The summed E-state index contributed by atoms with van der Waals surface area (Å²) in [4.78, 5) is 64.4. The Morgan fingerprint density at radius 2 is 1.18 bits per heavy atom. The van der Waals surface area contributed by atoms with Gasteiger partial charge in [-0.2, -0.15) is 0 Å². The molecule has 332 valence electrons. The summed E-state index contributed by atoms with van der Waals surface area (Å²) in [5.41, 5.74) is 1.26. The Morgan fingerprint density at radius 1 is 0.767 bits per heavy atom. The smallest absolute Gasteiger partial charge is 1.00 e. The third-order valence-electron chi connectivity index (χ3n) is 9.43. The second-order valence-corrected chi connectivity index (χ2v) is 16.3. The number of nitrogens with two attached hydrogens (primary N) is 1. The fourth-order valence-corrected chi connectivity index (χ4v) is 6.72. The minimum Gasteiger partial charge on any atom is -1.00 e. The van der Waals surface area contributed by atoms with E-state index in [9.17, 15) is 19.2 Å². The molecule has 2 aromatic rings. The van der Waals surface area contributed by atoms with Crippen molar-refractivity contribution in [1.29, 1.82) is 0 Å². The molecule has 3 N–H and O–H groups in total. The van der Waals surface area contributed by atoms with Crippen LogP contribution >= 0.6 is 0 Å². The fourth-order valence-electron chi connectivity index (χ4n) is 6.72. The van der Waals surface area contributed by atoms with E-state index in [0.29, 0.717) is 45.8 Å². The second kappa shape index (κ2) is 28.2.